The van der Waals surface area contributed by atoms with E-state index in [0.717, 1.165) is 17.3 Å². The highest BCUT2D eigenvalue weighted by atomic mass is 79.9. The zero-order valence-electron chi connectivity index (χ0n) is 9.40. The summed E-state index contributed by atoms with van der Waals surface area (Å²) in [5.74, 6) is -0.0969. The highest BCUT2D eigenvalue weighted by molar-refractivity contribution is 9.10. The first-order valence-corrected chi connectivity index (χ1v) is 6.39. The minimum atomic E-state index is -0.0969. The van der Waals surface area contributed by atoms with Crippen LogP contribution >= 0.6 is 15.9 Å². The van der Waals surface area contributed by atoms with Gasteiger partial charge in [0.1, 0.15) is 0 Å². The predicted molar refractivity (Wildman–Crippen MR) is 69.7 cm³/mol. The Morgan fingerprint density at radius 1 is 1.53 bits per heavy atom. The van der Waals surface area contributed by atoms with E-state index in [0.29, 0.717) is 17.8 Å². The van der Waals surface area contributed by atoms with Crippen LogP contribution < -0.4 is 5.73 Å². The molecule has 0 heterocycles. The SMILES string of the molecule is Nc1ccc(Br)cc1C(=O)N(CCO)C1CC1. The number of nitrogen functional groups attached to an aromatic ring is 1. The summed E-state index contributed by atoms with van der Waals surface area (Å²) >= 11 is 3.33. The molecule has 1 amide bonds. The zero-order valence-corrected chi connectivity index (χ0v) is 11.0. The van der Waals surface area contributed by atoms with Gasteiger partial charge in [0.25, 0.3) is 5.91 Å². The molecule has 1 aliphatic carbocycles. The molecule has 1 aromatic rings. The number of aliphatic hydroxyl groups is 1. The second-order valence-electron chi connectivity index (χ2n) is 4.18. The van der Waals surface area contributed by atoms with Crippen molar-refractivity contribution in [3.8, 4) is 0 Å². The monoisotopic (exact) mass is 298 g/mol. The fourth-order valence-electron chi connectivity index (χ4n) is 1.81. The number of nitrogens with zero attached hydrogens (tertiary/aromatic N) is 1. The first-order valence-electron chi connectivity index (χ1n) is 5.60. The highest BCUT2D eigenvalue weighted by Gasteiger charge is 2.33. The molecule has 4 nitrogen and oxygen atoms in total. The van der Waals surface area contributed by atoms with Gasteiger partial charge in [-0.3, -0.25) is 4.79 Å². The van der Waals surface area contributed by atoms with Gasteiger partial charge in [0.15, 0.2) is 0 Å². The summed E-state index contributed by atoms with van der Waals surface area (Å²) in [7, 11) is 0. The number of carbonyl (C=O) groups excluding carboxylic acids is 1. The van der Waals surface area contributed by atoms with Crippen molar-refractivity contribution in [2.75, 3.05) is 18.9 Å². The predicted octanol–water partition coefficient (Wildman–Crippen LogP) is 1.63. The third-order valence-electron chi connectivity index (χ3n) is 2.84. The molecule has 0 radical (unpaired) electrons. The van der Waals surface area contributed by atoms with Gasteiger partial charge in [-0.25, -0.2) is 0 Å². The second kappa shape index (κ2) is 5.06. The molecular weight excluding hydrogens is 284 g/mol. The van der Waals surface area contributed by atoms with Crippen LogP contribution in [0.1, 0.15) is 23.2 Å². The Morgan fingerprint density at radius 3 is 2.82 bits per heavy atom. The number of amides is 1. The number of nitrogens with two attached hydrogens (primary N) is 1. The highest BCUT2D eigenvalue weighted by Crippen LogP contribution is 2.29. The summed E-state index contributed by atoms with van der Waals surface area (Å²) in [6.07, 6.45) is 2.03. The maximum atomic E-state index is 12.3. The molecule has 1 fully saturated rings. The Kier molecular flexibility index (Phi) is 3.69. The molecule has 0 saturated heterocycles. The Hall–Kier alpha value is -1.07. The largest absolute Gasteiger partial charge is 0.398 e. The van der Waals surface area contributed by atoms with E-state index in [4.69, 9.17) is 10.8 Å². The Morgan fingerprint density at radius 2 is 2.24 bits per heavy atom. The lowest BCUT2D eigenvalue weighted by Gasteiger charge is -2.22. The van der Waals surface area contributed by atoms with Gasteiger partial charge in [-0.05, 0) is 31.0 Å². The molecule has 0 bridgehead atoms. The van der Waals surface area contributed by atoms with Crippen molar-refractivity contribution >= 4 is 27.5 Å². The number of hydrogen-bond donors (Lipinski definition) is 2. The minimum Gasteiger partial charge on any atom is -0.398 e. The number of aliphatic hydroxyl groups excluding tert-OH is 1. The van der Waals surface area contributed by atoms with Crippen LogP contribution in [0.2, 0.25) is 0 Å². The van der Waals surface area contributed by atoms with Gasteiger partial charge in [-0.1, -0.05) is 15.9 Å². The van der Waals surface area contributed by atoms with E-state index in [2.05, 4.69) is 15.9 Å². The molecule has 5 heteroatoms. The topological polar surface area (TPSA) is 66.6 Å². The quantitative estimate of drug-likeness (QED) is 0.830. The minimum absolute atomic E-state index is 0.0177. The van der Waals surface area contributed by atoms with Gasteiger partial charge >= 0.3 is 0 Å². The van der Waals surface area contributed by atoms with Crippen LogP contribution in [0.4, 0.5) is 5.69 Å². The Balaban J connectivity index is 2.24. The van der Waals surface area contributed by atoms with E-state index in [1.165, 1.54) is 0 Å². The van der Waals surface area contributed by atoms with Gasteiger partial charge in [-0.2, -0.15) is 0 Å². The molecule has 2 rings (SSSR count). The van der Waals surface area contributed by atoms with Crippen LogP contribution in [0.25, 0.3) is 0 Å². The zero-order chi connectivity index (χ0) is 12.4. The fraction of sp³-hybridized carbons (Fsp3) is 0.417. The summed E-state index contributed by atoms with van der Waals surface area (Å²) in [6.45, 7) is 0.353. The molecule has 0 aliphatic heterocycles. The van der Waals surface area contributed by atoms with Crippen molar-refractivity contribution in [3.05, 3.63) is 28.2 Å². The number of rotatable bonds is 4. The summed E-state index contributed by atoms with van der Waals surface area (Å²) in [4.78, 5) is 14.0. The lowest BCUT2D eigenvalue weighted by molar-refractivity contribution is 0.0708. The van der Waals surface area contributed by atoms with E-state index in [1.54, 1.807) is 23.1 Å². The van der Waals surface area contributed by atoms with Crippen LogP contribution in [-0.4, -0.2) is 35.1 Å². The van der Waals surface area contributed by atoms with Gasteiger partial charge < -0.3 is 15.7 Å². The van der Waals surface area contributed by atoms with Crippen molar-refractivity contribution in [3.63, 3.8) is 0 Å². The Labute approximate surface area is 109 Å². The van der Waals surface area contributed by atoms with Crippen molar-refractivity contribution in [2.45, 2.75) is 18.9 Å². The molecule has 0 atom stereocenters. The van der Waals surface area contributed by atoms with Crippen LogP contribution in [0.15, 0.2) is 22.7 Å². The van der Waals surface area contributed by atoms with Crippen LogP contribution in [0.3, 0.4) is 0 Å². The number of benzene rings is 1. The molecule has 0 aromatic heterocycles. The molecule has 1 aromatic carbocycles. The third-order valence-corrected chi connectivity index (χ3v) is 3.33. The average Bonchev–Trinajstić information content (AvgIpc) is 3.12. The number of anilines is 1. The first-order chi connectivity index (χ1) is 8.13. The molecule has 17 heavy (non-hydrogen) atoms. The van der Waals surface area contributed by atoms with Gasteiger partial charge in [0.05, 0.1) is 12.2 Å². The van der Waals surface area contributed by atoms with Crippen LogP contribution in [-0.2, 0) is 0 Å². The van der Waals surface area contributed by atoms with Gasteiger partial charge in [-0.15, -0.1) is 0 Å². The van der Waals surface area contributed by atoms with Gasteiger partial charge in [0.2, 0.25) is 0 Å². The third kappa shape index (κ3) is 2.79. The molecule has 3 N–H and O–H groups in total. The lowest BCUT2D eigenvalue weighted by atomic mass is 10.1. The van der Waals surface area contributed by atoms with E-state index in [-0.39, 0.29) is 18.6 Å². The van der Waals surface area contributed by atoms with Crippen LogP contribution in [0.5, 0.6) is 0 Å². The summed E-state index contributed by atoms with van der Waals surface area (Å²) < 4.78 is 0.829. The summed E-state index contributed by atoms with van der Waals surface area (Å²) in [6, 6.07) is 5.51. The van der Waals surface area contributed by atoms with Crippen LogP contribution in [0, 0.1) is 0 Å². The van der Waals surface area contributed by atoms with E-state index in [1.807, 2.05) is 0 Å². The number of hydrogen-bond acceptors (Lipinski definition) is 3. The maximum Gasteiger partial charge on any atom is 0.256 e. The molecular formula is C12H15BrN2O2. The van der Waals surface area contributed by atoms with Gasteiger partial charge in [0, 0.05) is 22.7 Å². The van der Waals surface area contributed by atoms with Crippen molar-refractivity contribution in [1.29, 1.82) is 0 Å². The normalized spacial score (nSPS) is 14.7. The number of carbonyl (C=O) groups is 1. The average molecular weight is 299 g/mol. The molecule has 1 saturated carbocycles. The molecule has 0 unspecified atom stereocenters. The first kappa shape index (κ1) is 12.4. The smallest absolute Gasteiger partial charge is 0.256 e. The van der Waals surface area contributed by atoms with E-state index < -0.39 is 0 Å². The van der Waals surface area contributed by atoms with E-state index >= 15 is 0 Å². The standard InChI is InChI=1S/C12H15BrN2O2/c13-8-1-4-11(14)10(7-8)12(17)15(5-6-16)9-2-3-9/h1,4,7,9,16H,2-3,5-6,14H2. The Bertz CT molecular complexity index is 433. The van der Waals surface area contributed by atoms with Crippen molar-refractivity contribution in [2.24, 2.45) is 0 Å². The number of halogens is 1. The van der Waals surface area contributed by atoms with Crippen molar-refractivity contribution in [1.82, 2.24) is 4.90 Å². The molecule has 0 spiro atoms. The summed E-state index contributed by atoms with van der Waals surface area (Å²) in [5, 5.41) is 9.00. The summed E-state index contributed by atoms with van der Waals surface area (Å²) in [5.41, 5.74) is 6.79. The second-order valence-corrected chi connectivity index (χ2v) is 5.10. The van der Waals surface area contributed by atoms with Crippen molar-refractivity contribution < 1.29 is 9.90 Å². The van der Waals surface area contributed by atoms with E-state index in [9.17, 15) is 4.79 Å². The molecule has 92 valence electrons. The fourth-order valence-corrected chi connectivity index (χ4v) is 2.17. The molecule has 1 aliphatic rings. The lowest BCUT2D eigenvalue weighted by Crippen LogP contribution is -2.35. The maximum absolute atomic E-state index is 12.3.